The summed E-state index contributed by atoms with van der Waals surface area (Å²) in [6.45, 7) is 1.87. The molecule has 0 amide bonds. The minimum atomic E-state index is -0.734. The number of hydrogen-bond acceptors (Lipinski definition) is 3. The number of thiazole rings is 1. The van der Waals surface area contributed by atoms with Crippen LogP contribution in [0.25, 0.3) is 0 Å². The highest BCUT2D eigenvalue weighted by molar-refractivity contribution is 9.10. The van der Waals surface area contributed by atoms with Gasteiger partial charge < -0.3 is 5.11 Å². The average Bonchev–Trinajstić information content (AvgIpc) is 2.45. The maximum Gasteiger partial charge on any atom is 0.125 e. The van der Waals surface area contributed by atoms with Crippen LogP contribution in [-0.2, 0) is 5.60 Å². The second-order valence-corrected chi connectivity index (χ2v) is 5.92. The highest BCUT2D eigenvalue weighted by atomic mass is 79.9. The molecule has 0 saturated heterocycles. The lowest BCUT2D eigenvalue weighted by molar-refractivity contribution is 0.0159. The van der Waals surface area contributed by atoms with Crippen LogP contribution in [0.15, 0.2) is 9.98 Å². The predicted molar refractivity (Wildman–Crippen MR) is 61.3 cm³/mol. The summed E-state index contributed by atoms with van der Waals surface area (Å²) in [7, 11) is 0. The van der Waals surface area contributed by atoms with Crippen molar-refractivity contribution in [2.45, 2.75) is 38.2 Å². The highest BCUT2D eigenvalue weighted by Gasteiger charge is 2.32. The summed E-state index contributed by atoms with van der Waals surface area (Å²) >= 11 is 4.84. The van der Waals surface area contributed by atoms with Crippen LogP contribution in [-0.4, -0.2) is 10.1 Å². The molecule has 1 aliphatic carbocycles. The van der Waals surface area contributed by atoms with Gasteiger partial charge in [0.15, 0.2) is 0 Å². The largest absolute Gasteiger partial charge is 0.383 e. The van der Waals surface area contributed by atoms with Gasteiger partial charge in [0.05, 0.1) is 0 Å². The molecule has 78 valence electrons. The van der Waals surface area contributed by atoms with E-state index in [0.29, 0.717) is 5.92 Å². The molecule has 1 unspecified atom stereocenters. The first-order valence-electron chi connectivity index (χ1n) is 4.92. The molecule has 1 fully saturated rings. The molecule has 1 saturated carbocycles. The first-order valence-corrected chi connectivity index (χ1v) is 6.59. The van der Waals surface area contributed by atoms with Crippen molar-refractivity contribution in [3.05, 3.63) is 15.0 Å². The van der Waals surface area contributed by atoms with Crippen molar-refractivity contribution in [3.8, 4) is 0 Å². The molecule has 0 radical (unpaired) electrons. The summed E-state index contributed by atoms with van der Waals surface area (Å²) in [6, 6.07) is 0. The third-order valence-electron chi connectivity index (χ3n) is 2.85. The van der Waals surface area contributed by atoms with E-state index in [4.69, 9.17) is 0 Å². The molecule has 14 heavy (non-hydrogen) atoms. The molecule has 0 aromatic carbocycles. The van der Waals surface area contributed by atoms with Crippen LogP contribution >= 0.6 is 27.3 Å². The van der Waals surface area contributed by atoms with Gasteiger partial charge in [-0.3, -0.25) is 0 Å². The first kappa shape index (κ1) is 10.6. The zero-order valence-electron chi connectivity index (χ0n) is 8.16. The van der Waals surface area contributed by atoms with E-state index < -0.39 is 5.60 Å². The lowest BCUT2D eigenvalue weighted by Crippen LogP contribution is -2.27. The molecule has 0 aliphatic heterocycles. The first-order chi connectivity index (χ1) is 6.58. The number of rotatable bonds is 3. The van der Waals surface area contributed by atoms with Crippen LogP contribution in [0, 0.1) is 5.92 Å². The Morgan fingerprint density at radius 3 is 2.86 bits per heavy atom. The Bertz CT molecular complexity index is 320. The average molecular weight is 276 g/mol. The Hall–Kier alpha value is 0.0700. The SMILES string of the molecule is CC(O)(CC1CCC1)c1nc(Br)cs1. The van der Waals surface area contributed by atoms with Crippen LogP contribution < -0.4 is 0 Å². The number of aliphatic hydroxyl groups is 1. The Labute approximate surface area is 96.5 Å². The fraction of sp³-hybridized carbons (Fsp3) is 0.700. The molecule has 2 nitrogen and oxygen atoms in total. The zero-order chi connectivity index (χ0) is 10.2. The van der Waals surface area contributed by atoms with E-state index in [1.807, 2.05) is 12.3 Å². The van der Waals surface area contributed by atoms with E-state index in [9.17, 15) is 5.11 Å². The second-order valence-electron chi connectivity index (χ2n) is 4.25. The van der Waals surface area contributed by atoms with Crippen LogP contribution in [0.2, 0.25) is 0 Å². The van der Waals surface area contributed by atoms with Crippen molar-refractivity contribution in [2.24, 2.45) is 5.92 Å². The number of nitrogens with zero attached hydrogens (tertiary/aromatic N) is 1. The highest BCUT2D eigenvalue weighted by Crippen LogP contribution is 2.39. The van der Waals surface area contributed by atoms with Crippen LogP contribution in [0.3, 0.4) is 0 Å². The van der Waals surface area contributed by atoms with E-state index in [1.165, 1.54) is 30.6 Å². The molecular weight excluding hydrogens is 262 g/mol. The summed E-state index contributed by atoms with van der Waals surface area (Å²) in [4.78, 5) is 4.28. The topological polar surface area (TPSA) is 33.1 Å². The molecule has 1 N–H and O–H groups in total. The molecule has 1 heterocycles. The quantitative estimate of drug-likeness (QED) is 0.918. The third kappa shape index (κ3) is 2.18. The predicted octanol–water partition coefficient (Wildman–Crippen LogP) is 3.30. The Kier molecular flexibility index (Phi) is 2.96. The van der Waals surface area contributed by atoms with E-state index in [2.05, 4.69) is 20.9 Å². The van der Waals surface area contributed by atoms with Crippen molar-refractivity contribution in [3.63, 3.8) is 0 Å². The number of aromatic nitrogens is 1. The van der Waals surface area contributed by atoms with Crippen LogP contribution in [0.1, 0.15) is 37.6 Å². The lowest BCUT2D eigenvalue weighted by atomic mass is 9.78. The summed E-state index contributed by atoms with van der Waals surface area (Å²) in [5.74, 6) is 0.702. The normalized spacial score (nSPS) is 21.6. The second kappa shape index (κ2) is 3.91. The Morgan fingerprint density at radius 1 is 1.71 bits per heavy atom. The molecule has 4 heteroatoms. The van der Waals surface area contributed by atoms with Gasteiger partial charge in [0.1, 0.15) is 15.2 Å². The van der Waals surface area contributed by atoms with Crippen molar-refractivity contribution in [1.82, 2.24) is 4.98 Å². The Morgan fingerprint density at radius 2 is 2.43 bits per heavy atom. The van der Waals surface area contributed by atoms with Crippen LogP contribution in [0.5, 0.6) is 0 Å². The summed E-state index contributed by atoms with van der Waals surface area (Å²) in [5, 5.41) is 13.0. The van der Waals surface area contributed by atoms with Gasteiger partial charge in [-0.25, -0.2) is 4.98 Å². The molecular formula is C10H14BrNOS. The standard InChI is InChI=1S/C10H14BrNOS/c1-10(13,5-7-3-2-4-7)9-12-8(11)6-14-9/h6-7,13H,2-5H2,1H3. The van der Waals surface area contributed by atoms with Crippen molar-refractivity contribution in [1.29, 1.82) is 0 Å². The maximum absolute atomic E-state index is 10.3. The fourth-order valence-corrected chi connectivity index (χ4v) is 3.17. The lowest BCUT2D eigenvalue weighted by Gasteiger charge is -2.32. The van der Waals surface area contributed by atoms with Crippen molar-refractivity contribution < 1.29 is 5.11 Å². The number of halogens is 1. The van der Waals surface area contributed by atoms with Gasteiger partial charge in [-0.05, 0) is 35.2 Å². The van der Waals surface area contributed by atoms with Gasteiger partial charge in [0.25, 0.3) is 0 Å². The van der Waals surface area contributed by atoms with E-state index in [-0.39, 0.29) is 0 Å². The summed E-state index contributed by atoms with van der Waals surface area (Å²) in [5.41, 5.74) is -0.734. The van der Waals surface area contributed by atoms with Crippen LogP contribution in [0.4, 0.5) is 0 Å². The smallest absolute Gasteiger partial charge is 0.125 e. The molecule has 1 aromatic heterocycles. The molecule has 0 bridgehead atoms. The van der Waals surface area contributed by atoms with Gasteiger partial charge >= 0.3 is 0 Å². The third-order valence-corrected chi connectivity index (χ3v) is 4.65. The zero-order valence-corrected chi connectivity index (χ0v) is 10.6. The summed E-state index contributed by atoms with van der Waals surface area (Å²) in [6.07, 6.45) is 4.71. The minimum Gasteiger partial charge on any atom is -0.383 e. The monoisotopic (exact) mass is 275 g/mol. The van der Waals surface area contributed by atoms with Gasteiger partial charge in [-0.2, -0.15) is 0 Å². The van der Waals surface area contributed by atoms with Crippen molar-refractivity contribution >= 4 is 27.3 Å². The van der Waals surface area contributed by atoms with Gasteiger partial charge in [-0.15, -0.1) is 11.3 Å². The Balaban J connectivity index is 2.06. The maximum atomic E-state index is 10.3. The molecule has 1 aromatic rings. The molecule has 0 spiro atoms. The van der Waals surface area contributed by atoms with Gasteiger partial charge in [-0.1, -0.05) is 19.3 Å². The molecule has 1 atom stereocenters. The summed E-state index contributed by atoms with van der Waals surface area (Å²) < 4.78 is 0.825. The van der Waals surface area contributed by atoms with E-state index in [1.54, 1.807) is 0 Å². The van der Waals surface area contributed by atoms with Gasteiger partial charge in [0, 0.05) is 5.38 Å². The van der Waals surface area contributed by atoms with E-state index in [0.717, 1.165) is 16.0 Å². The van der Waals surface area contributed by atoms with E-state index >= 15 is 0 Å². The fourth-order valence-electron chi connectivity index (χ4n) is 1.85. The number of hydrogen-bond donors (Lipinski definition) is 1. The molecule has 1 aliphatic rings. The minimum absolute atomic E-state index is 0.702. The van der Waals surface area contributed by atoms with Crippen molar-refractivity contribution in [2.75, 3.05) is 0 Å². The van der Waals surface area contributed by atoms with Gasteiger partial charge in [0.2, 0.25) is 0 Å². The molecule has 2 rings (SSSR count).